The van der Waals surface area contributed by atoms with Crippen LogP contribution in [0.4, 0.5) is 0 Å². The normalized spacial score (nSPS) is 15.5. The number of carboxylic acid groups (broad SMARTS) is 2. The van der Waals surface area contributed by atoms with Crippen molar-refractivity contribution in [3.8, 4) is 0 Å². The summed E-state index contributed by atoms with van der Waals surface area (Å²) in [6.07, 6.45) is 3.76. The van der Waals surface area contributed by atoms with E-state index in [4.69, 9.17) is 15.9 Å². The molecule has 0 amide bonds. The van der Waals surface area contributed by atoms with Gasteiger partial charge in [-0.25, -0.2) is 9.59 Å². The minimum Gasteiger partial charge on any atom is -0.479 e. The Morgan fingerprint density at radius 2 is 1.90 bits per heavy atom. The number of hydrogen-bond acceptors (Lipinski definition) is 5. The quantitative estimate of drug-likeness (QED) is 0.326. The van der Waals surface area contributed by atoms with Gasteiger partial charge in [-0.1, -0.05) is 24.8 Å². The molecule has 0 radical (unpaired) electrons. The average Bonchev–Trinajstić information content (AvgIpc) is 2.35. The van der Waals surface area contributed by atoms with E-state index in [9.17, 15) is 19.5 Å². The van der Waals surface area contributed by atoms with Crippen molar-refractivity contribution in [3.05, 3.63) is 24.8 Å². The summed E-state index contributed by atoms with van der Waals surface area (Å²) in [5, 5.41) is 27.6. The number of carbonyl (C=O) groups excluding carboxylic acids is 1. The molecule has 2 unspecified atom stereocenters. The summed E-state index contributed by atoms with van der Waals surface area (Å²) in [7, 11) is 0. The highest BCUT2D eigenvalue weighted by Gasteiger charge is 2.41. The van der Waals surface area contributed by atoms with Gasteiger partial charge in [0.25, 0.3) is 0 Å². The van der Waals surface area contributed by atoms with Crippen LogP contribution in [0.25, 0.3) is 0 Å². The van der Waals surface area contributed by atoms with Gasteiger partial charge in [0.2, 0.25) is 5.78 Å². The van der Waals surface area contributed by atoms with E-state index < -0.39 is 35.7 Å². The number of hydrogen-bond donors (Lipinski definition) is 4. The smallest absolute Gasteiger partial charge is 0.372 e. The van der Waals surface area contributed by atoms with Gasteiger partial charge in [-0.15, -0.1) is 0 Å². The number of aliphatic carboxylic acids is 2. The molecule has 0 aliphatic carbocycles. The highest BCUT2D eigenvalue weighted by Crippen LogP contribution is 2.25. The second-order valence-corrected chi connectivity index (χ2v) is 4.40. The lowest BCUT2D eigenvalue weighted by molar-refractivity contribution is -0.165. The minimum atomic E-state index is -2.43. The number of aliphatic hydroxyl groups is 1. The Balaban J connectivity index is 5.09. The first-order valence-corrected chi connectivity index (χ1v) is 5.98. The molecule has 0 aromatic rings. The molecule has 112 valence electrons. The molecule has 0 spiro atoms. The molecular formula is C13H19NO6. The third-order valence-electron chi connectivity index (χ3n) is 2.75. The number of carboxylic acids is 2. The minimum absolute atomic E-state index is 0.259. The third kappa shape index (κ3) is 5.77. The van der Waals surface area contributed by atoms with Crippen LogP contribution >= 0.6 is 0 Å². The van der Waals surface area contributed by atoms with Crippen LogP contribution in [-0.2, 0) is 14.4 Å². The van der Waals surface area contributed by atoms with E-state index in [2.05, 4.69) is 6.58 Å². The highest BCUT2D eigenvalue weighted by molar-refractivity contribution is 6.33. The van der Waals surface area contributed by atoms with Gasteiger partial charge in [-0.3, -0.25) is 4.79 Å². The van der Waals surface area contributed by atoms with Crippen LogP contribution in [0.5, 0.6) is 0 Å². The van der Waals surface area contributed by atoms with Gasteiger partial charge in [-0.05, 0) is 25.3 Å². The first-order valence-electron chi connectivity index (χ1n) is 5.98. The Bertz CT molecular complexity index is 417. The maximum Gasteiger partial charge on any atom is 0.372 e. The lowest BCUT2D eigenvalue weighted by Crippen LogP contribution is -2.43. The molecule has 0 aromatic carbocycles. The van der Waals surface area contributed by atoms with Gasteiger partial charge >= 0.3 is 11.9 Å². The molecule has 0 saturated heterocycles. The predicted molar refractivity (Wildman–Crippen MR) is 71.0 cm³/mol. The first kappa shape index (κ1) is 18.0. The monoisotopic (exact) mass is 285 g/mol. The van der Waals surface area contributed by atoms with Crippen LogP contribution in [0.2, 0.25) is 0 Å². The number of nitrogens with two attached hydrogens (primary N) is 1. The molecule has 0 saturated carbocycles. The van der Waals surface area contributed by atoms with Gasteiger partial charge < -0.3 is 21.1 Å². The predicted octanol–water partition coefficient (Wildman–Crippen LogP) is -0.0568. The summed E-state index contributed by atoms with van der Waals surface area (Å²) in [6.45, 7) is 3.73. The zero-order valence-electron chi connectivity index (χ0n) is 11.0. The van der Waals surface area contributed by atoms with Crippen LogP contribution in [0, 0.1) is 5.92 Å². The van der Waals surface area contributed by atoms with Crippen LogP contribution in [-0.4, -0.2) is 45.2 Å². The summed E-state index contributed by atoms with van der Waals surface area (Å²) in [5.74, 6) is -5.17. The van der Waals surface area contributed by atoms with Crippen molar-refractivity contribution in [1.82, 2.24) is 0 Å². The van der Waals surface area contributed by atoms with Gasteiger partial charge in [-0.2, -0.15) is 0 Å². The Labute approximate surface area is 116 Å². The van der Waals surface area contributed by atoms with Crippen molar-refractivity contribution in [2.75, 3.05) is 6.54 Å². The molecule has 0 aromatic heterocycles. The third-order valence-corrected chi connectivity index (χ3v) is 2.75. The lowest BCUT2D eigenvalue weighted by atomic mass is 9.84. The summed E-state index contributed by atoms with van der Waals surface area (Å²) in [6, 6.07) is 0. The molecular weight excluding hydrogens is 266 g/mol. The molecule has 5 N–H and O–H groups in total. The zero-order chi connectivity index (χ0) is 15.8. The van der Waals surface area contributed by atoms with Gasteiger partial charge in [0.1, 0.15) is 0 Å². The van der Waals surface area contributed by atoms with E-state index in [1.807, 2.05) is 0 Å². The molecule has 0 rings (SSSR count). The second-order valence-electron chi connectivity index (χ2n) is 4.40. The molecule has 0 heterocycles. The molecule has 0 aliphatic rings. The number of ketones is 1. The number of allylic oxidation sites excluding steroid dienone is 3. The van der Waals surface area contributed by atoms with Gasteiger partial charge in [0.15, 0.2) is 5.60 Å². The van der Waals surface area contributed by atoms with Crippen LogP contribution in [0.3, 0.4) is 0 Å². The van der Waals surface area contributed by atoms with Crippen molar-refractivity contribution in [2.45, 2.75) is 24.9 Å². The molecule has 7 heteroatoms. The second kappa shape index (κ2) is 8.23. The Morgan fingerprint density at radius 3 is 2.30 bits per heavy atom. The van der Waals surface area contributed by atoms with Crippen LogP contribution in [0.1, 0.15) is 19.3 Å². The van der Waals surface area contributed by atoms with Crippen molar-refractivity contribution in [1.29, 1.82) is 0 Å². The lowest BCUT2D eigenvalue weighted by Gasteiger charge is -2.25. The van der Waals surface area contributed by atoms with Crippen molar-refractivity contribution >= 4 is 17.7 Å². The Kier molecular flexibility index (Phi) is 7.42. The van der Waals surface area contributed by atoms with Crippen LogP contribution < -0.4 is 5.73 Å². The summed E-state index contributed by atoms with van der Waals surface area (Å²) < 4.78 is 0. The first-order chi connectivity index (χ1) is 9.26. The van der Waals surface area contributed by atoms with Crippen molar-refractivity contribution in [3.63, 3.8) is 0 Å². The number of Topliss-reactive ketones (excluding diaryl/α,β-unsaturated/α-hetero) is 1. The van der Waals surface area contributed by atoms with Gasteiger partial charge in [0.05, 0.1) is 6.42 Å². The summed E-state index contributed by atoms with van der Waals surface area (Å²) in [5.41, 5.74) is 2.97. The molecule has 0 bridgehead atoms. The summed E-state index contributed by atoms with van der Waals surface area (Å²) >= 11 is 0. The van der Waals surface area contributed by atoms with E-state index in [0.29, 0.717) is 6.42 Å². The largest absolute Gasteiger partial charge is 0.479 e. The number of carbonyl (C=O) groups is 3. The Morgan fingerprint density at radius 1 is 1.30 bits per heavy atom. The van der Waals surface area contributed by atoms with E-state index in [0.717, 1.165) is 0 Å². The fourth-order valence-electron chi connectivity index (χ4n) is 1.73. The maximum absolute atomic E-state index is 11.1. The fraction of sp³-hybridized carbons (Fsp3) is 0.462. The standard InChI is InChI=1S/C13H19NO6/c1-2-3-4-9(5-6-14)7-13(20,12(18)19)8-10(15)11(16)17/h2-4,9,20H,1,5-8,14H2,(H,16,17)(H,18,19)/b4-3-. The number of rotatable bonds is 10. The molecule has 2 atom stereocenters. The topological polar surface area (TPSA) is 138 Å². The van der Waals surface area contributed by atoms with E-state index in [-0.39, 0.29) is 13.0 Å². The molecule has 20 heavy (non-hydrogen) atoms. The average molecular weight is 285 g/mol. The summed E-state index contributed by atoms with van der Waals surface area (Å²) in [4.78, 5) is 32.7. The van der Waals surface area contributed by atoms with E-state index in [1.165, 1.54) is 6.08 Å². The fourth-order valence-corrected chi connectivity index (χ4v) is 1.73. The van der Waals surface area contributed by atoms with Crippen LogP contribution in [0.15, 0.2) is 24.8 Å². The van der Waals surface area contributed by atoms with Crippen molar-refractivity contribution in [2.24, 2.45) is 11.7 Å². The highest BCUT2D eigenvalue weighted by atomic mass is 16.4. The SMILES string of the molecule is C=C/C=C\C(CCN)CC(O)(CC(=O)C(=O)O)C(=O)O. The van der Waals surface area contributed by atoms with E-state index >= 15 is 0 Å². The maximum atomic E-state index is 11.1. The molecule has 0 aliphatic heterocycles. The van der Waals surface area contributed by atoms with Crippen molar-refractivity contribution < 1.29 is 29.7 Å². The molecule has 0 fully saturated rings. The van der Waals surface area contributed by atoms with Gasteiger partial charge in [0, 0.05) is 0 Å². The zero-order valence-corrected chi connectivity index (χ0v) is 11.0. The Hall–Kier alpha value is -1.99. The van der Waals surface area contributed by atoms with E-state index in [1.54, 1.807) is 12.2 Å². The molecule has 7 nitrogen and oxygen atoms in total.